The number of aliphatic imine (C=N–C) groups is 3. The second kappa shape index (κ2) is 9.11. The minimum Gasteiger partial charge on any atom is -0.483 e. The van der Waals surface area contributed by atoms with Gasteiger partial charge in [-0.1, -0.05) is 11.6 Å². The molecule has 4 heterocycles. The lowest BCUT2D eigenvalue weighted by Crippen LogP contribution is -2.18. The first kappa shape index (κ1) is 24.1. The molecule has 2 N–H and O–H groups in total. The Labute approximate surface area is 215 Å². The normalized spacial score (nSPS) is 16.9. The number of nitriles is 1. The molecule has 0 saturated heterocycles. The number of nitrogens with two attached hydrogens (primary N) is 1. The van der Waals surface area contributed by atoms with Crippen LogP contribution in [0.2, 0.25) is 5.15 Å². The number of pyridine rings is 1. The van der Waals surface area contributed by atoms with Crippen molar-refractivity contribution in [1.82, 2.24) is 4.98 Å². The van der Waals surface area contributed by atoms with Crippen LogP contribution in [-0.4, -0.2) is 34.8 Å². The molecule has 10 nitrogen and oxygen atoms in total. The van der Waals surface area contributed by atoms with Crippen molar-refractivity contribution in [2.75, 3.05) is 0 Å². The van der Waals surface area contributed by atoms with E-state index in [0.29, 0.717) is 22.8 Å². The number of carbonyl (C=O) groups is 1. The zero-order valence-corrected chi connectivity index (χ0v) is 20.7. The Balaban J connectivity index is 1.66. The van der Waals surface area contributed by atoms with Gasteiger partial charge in [-0.05, 0) is 56.7 Å². The molecule has 3 aromatic rings. The number of fused-ring (bicyclic) bond motifs is 2. The average Bonchev–Trinajstić information content (AvgIpc) is 3.24. The van der Waals surface area contributed by atoms with Gasteiger partial charge in [0.2, 0.25) is 5.43 Å². The van der Waals surface area contributed by atoms with E-state index in [2.05, 4.69) is 20.0 Å². The maximum Gasteiger partial charge on any atom is 0.271 e. The molecule has 2 aliphatic rings. The molecule has 2 aliphatic heterocycles. The predicted octanol–water partition coefficient (Wildman–Crippen LogP) is 3.93. The van der Waals surface area contributed by atoms with Crippen LogP contribution in [0, 0.1) is 18.3 Å². The Morgan fingerprint density at radius 3 is 2.81 bits per heavy atom. The summed E-state index contributed by atoms with van der Waals surface area (Å²) in [4.78, 5) is 42.3. The van der Waals surface area contributed by atoms with Gasteiger partial charge >= 0.3 is 0 Å². The number of benzene rings is 1. The van der Waals surface area contributed by atoms with Crippen LogP contribution in [0.3, 0.4) is 0 Å². The van der Waals surface area contributed by atoms with Crippen molar-refractivity contribution in [2.24, 2.45) is 20.7 Å². The second-order valence-electron chi connectivity index (χ2n) is 8.55. The number of dihydropyridines is 1. The zero-order valence-electron chi connectivity index (χ0n) is 19.9. The maximum absolute atomic E-state index is 13.4. The molecule has 37 heavy (non-hydrogen) atoms. The third kappa shape index (κ3) is 4.30. The van der Waals surface area contributed by atoms with Crippen LogP contribution in [0.5, 0.6) is 5.75 Å². The van der Waals surface area contributed by atoms with Crippen LogP contribution < -0.4 is 15.9 Å². The average molecular weight is 515 g/mol. The number of hydrogen-bond donors (Lipinski definition) is 1. The Morgan fingerprint density at radius 1 is 1.30 bits per heavy atom. The van der Waals surface area contributed by atoms with Gasteiger partial charge in [0, 0.05) is 17.4 Å². The first-order chi connectivity index (χ1) is 17.7. The third-order valence-electron chi connectivity index (χ3n) is 5.88. The number of rotatable bonds is 5. The van der Waals surface area contributed by atoms with E-state index in [-0.39, 0.29) is 38.9 Å². The van der Waals surface area contributed by atoms with E-state index in [9.17, 15) is 14.9 Å². The highest BCUT2D eigenvalue weighted by Crippen LogP contribution is 2.33. The van der Waals surface area contributed by atoms with E-state index >= 15 is 0 Å². The van der Waals surface area contributed by atoms with Gasteiger partial charge < -0.3 is 14.9 Å². The number of amidine groups is 2. The van der Waals surface area contributed by atoms with E-state index in [4.69, 9.17) is 26.5 Å². The molecule has 5 rings (SSSR count). The van der Waals surface area contributed by atoms with Crippen molar-refractivity contribution in [3.8, 4) is 11.8 Å². The lowest BCUT2D eigenvalue weighted by atomic mass is 9.98. The van der Waals surface area contributed by atoms with Crippen molar-refractivity contribution < 1.29 is 13.9 Å². The summed E-state index contributed by atoms with van der Waals surface area (Å²) in [5.41, 5.74) is 6.64. The summed E-state index contributed by atoms with van der Waals surface area (Å²) in [6.45, 7) is 5.30. The van der Waals surface area contributed by atoms with Gasteiger partial charge in [0.25, 0.3) is 5.91 Å². The van der Waals surface area contributed by atoms with Gasteiger partial charge in [0.05, 0.1) is 5.39 Å². The number of aromatic nitrogens is 1. The molecular formula is C26H19ClN6O4. The minimum atomic E-state index is -0.803. The van der Waals surface area contributed by atoms with Crippen molar-refractivity contribution in [1.29, 1.82) is 5.26 Å². The molecule has 1 aromatic carbocycles. The molecule has 0 spiro atoms. The monoisotopic (exact) mass is 514 g/mol. The molecule has 0 aliphatic carbocycles. The Kier molecular flexibility index (Phi) is 5.93. The fraction of sp³-hybridized carbons (Fsp3) is 0.192. The summed E-state index contributed by atoms with van der Waals surface area (Å²) in [6.07, 6.45) is 2.54. The summed E-state index contributed by atoms with van der Waals surface area (Å²) in [6, 6.07) is 7.98. The first-order valence-electron chi connectivity index (χ1n) is 11.2. The second-order valence-corrected chi connectivity index (χ2v) is 8.94. The molecule has 2 aromatic heterocycles. The van der Waals surface area contributed by atoms with Crippen molar-refractivity contribution in [2.45, 2.75) is 32.9 Å². The largest absolute Gasteiger partial charge is 0.483 e. The number of primary amides is 1. The molecule has 0 saturated carbocycles. The number of hydrogen-bond acceptors (Lipinski definition) is 9. The Morgan fingerprint density at radius 2 is 2.08 bits per heavy atom. The molecule has 184 valence electrons. The summed E-state index contributed by atoms with van der Waals surface area (Å²) in [5.74, 6) is 0.515. The molecule has 1 amide bonds. The third-order valence-corrected chi connectivity index (χ3v) is 6.09. The van der Waals surface area contributed by atoms with Crippen molar-refractivity contribution >= 4 is 51.9 Å². The van der Waals surface area contributed by atoms with Crippen LogP contribution >= 0.6 is 11.6 Å². The van der Waals surface area contributed by atoms with E-state index < -0.39 is 23.5 Å². The number of aryl methyl sites for hydroxylation is 1. The summed E-state index contributed by atoms with van der Waals surface area (Å²) in [5, 5.41) is 10.2. The molecule has 0 fully saturated rings. The van der Waals surface area contributed by atoms with Gasteiger partial charge in [-0.25, -0.2) is 15.0 Å². The van der Waals surface area contributed by atoms with Crippen LogP contribution in [-0.2, 0) is 0 Å². The fourth-order valence-corrected chi connectivity index (χ4v) is 4.40. The summed E-state index contributed by atoms with van der Waals surface area (Å²) < 4.78 is 12.3. The fourth-order valence-electron chi connectivity index (χ4n) is 4.25. The number of amides is 1. The number of ether oxygens (including phenoxy) is 1. The van der Waals surface area contributed by atoms with E-state index in [1.54, 1.807) is 32.1 Å². The Hall–Kier alpha value is -4.62. The Bertz CT molecular complexity index is 1730. The topological polar surface area (TPSA) is 156 Å². The molecular weight excluding hydrogens is 496 g/mol. The summed E-state index contributed by atoms with van der Waals surface area (Å²) in [7, 11) is 0. The molecule has 1 unspecified atom stereocenters. The quantitative estimate of drug-likeness (QED) is 0.508. The van der Waals surface area contributed by atoms with Gasteiger partial charge in [-0.3, -0.25) is 14.6 Å². The molecule has 2 atom stereocenters. The number of carbonyl (C=O) groups excluding carboxylic acids is 1. The van der Waals surface area contributed by atoms with Crippen molar-refractivity contribution in [3.05, 3.63) is 73.9 Å². The standard InChI is InChI=1S/C26H19ClN6O4/c1-11-6-15(12(2)36-19-4-5-20(27)33-21(19)25(29)35)24-16(7-11)22(34)17(9-28)23(37-24)14-8-18-26(30-10-14)32-13(3)31-18/h4-8,10,12,18H,1-3H3,(H2,29,35)/t12-,18?/m1/s1. The highest BCUT2D eigenvalue weighted by Gasteiger charge is 2.27. The number of allylic oxidation sites excluding steroid dienone is 1. The predicted molar refractivity (Wildman–Crippen MR) is 140 cm³/mol. The SMILES string of the molecule is CC1=NC2C=C(c3oc4c([C@@H](C)Oc5ccc(Cl)nc5C(N)=O)cc(C)cc4c(=O)c3C#N)C=NC2=N1. The van der Waals surface area contributed by atoms with Crippen LogP contribution in [0.25, 0.3) is 16.5 Å². The van der Waals surface area contributed by atoms with E-state index in [0.717, 1.165) is 5.56 Å². The van der Waals surface area contributed by atoms with Crippen molar-refractivity contribution in [3.63, 3.8) is 0 Å². The number of halogens is 1. The van der Waals surface area contributed by atoms with Crippen LogP contribution in [0.15, 0.2) is 54.5 Å². The van der Waals surface area contributed by atoms with Gasteiger partial charge in [-0.15, -0.1) is 0 Å². The number of nitrogens with zero attached hydrogens (tertiary/aromatic N) is 5. The van der Waals surface area contributed by atoms with Gasteiger partial charge in [0.1, 0.15) is 40.4 Å². The smallest absolute Gasteiger partial charge is 0.271 e. The molecule has 0 bridgehead atoms. The van der Waals surface area contributed by atoms with Crippen LogP contribution in [0.4, 0.5) is 0 Å². The van der Waals surface area contributed by atoms with Gasteiger partial charge in [-0.2, -0.15) is 5.26 Å². The first-order valence-corrected chi connectivity index (χ1v) is 11.6. The lowest BCUT2D eigenvalue weighted by molar-refractivity contribution is 0.0988. The molecule has 0 radical (unpaired) electrons. The lowest BCUT2D eigenvalue weighted by Gasteiger charge is -2.19. The highest BCUT2D eigenvalue weighted by molar-refractivity contribution is 6.29. The maximum atomic E-state index is 13.4. The van der Waals surface area contributed by atoms with Crippen LogP contribution in [0.1, 0.15) is 52.9 Å². The minimum absolute atomic E-state index is 0.0749. The van der Waals surface area contributed by atoms with E-state index in [1.807, 2.05) is 13.0 Å². The molecule has 11 heteroatoms. The van der Waals surface area contributed by atoms with Gasteiger partial charge in [0.15, 0.2) is 23.0 Å². The zero-order chi connectivity index (χ0) is 26.4. The van der Waals surface area contributed by atoms with E-state index in [1.165, 1.54) is 18.3 Å². The summed E-state index contributed by atoms with van der Waals surface area (Å²) >= 11 is 5.91. The highest BCUT2D eigenvalue weighted by atomic mass is 35.5.